The van der Waals surface area contributed by atoms with E-state index < -0.39 is 5.92 Å². The second-order valence-corrected chi connectivity index (χ2v) is 5.78. The van der Waals surface area contributed by atoms with Gasteiger partial charge in [-0.25, -0.2) is 0 Å². The van der Waals surface area contributed by atoms with E-state index in [0.29, 0.717) is 16.4 Å². The van der Waals surface area contributed by atoms with Crippen LogP contribution >= 0.6 is 11.6 Å². The molecular formula is C17H15ClN2O2. The molecule has 2 aromatic rings. The number of carbonyl (C=O) groups is 2. The second kappa shape index (κ2) is 5.81. The number of hydrogen-bond donors (Lipinski definition) is 2. The summed E-state index contributed by atoms with van der Waals surface area (Å²) in [7, 11) is 0. The van der Waals surface area contributed by atoms with Gasteiger partial charge in [0.05, 0.1) is 5.92 Å². The van der Waals surface area contributed by atoms with E-state index in [2.05, 4.69) is 10.6 Å². The molecule has 1 aliphatic rings. The van der Waals surface area contributed by atoms with Crippen LogP contribution in [0.5, 0.6) is 0 Å². The highest BCUT2D eigenvalue weighted by atomic mass is 35.5. The topological polar surface area (TPSA) is 58.2 Å². The normalized spacial score (nSPS) is 16.6. The fourth-order valence-corrected chi connectivity index (χ4v) is 2.86. The molecule has 0 radical (unpaired) electrons. The van der Waals surface area contributed by atoms with Crippen molar-refractivity contribution in [2.75, 3.05) is 10.6 Å². The van der Waals surface area contributed by atoms with Crippen molar-refractivity contribution in [3.05, 3.63) is 58.6 Å². The number of amides is 2. The Morgan fingerprint density at radius 1 is 1.27 bits per heavy atom. The molecule has 0 aromatic heterocycles. The molecule has 0 spiro atoms. The van der Waals surface area contributed by atoms with Crippen LogP contribution in [0.15, 0.2) is 42.5 Å². The van der Waals surface area contributed by atoms with Crippen molar-refractivity contribution < 1.29 is 9.59 Å². The van der Waals surface area contributed by atoms with Crippen LogP contribution < -0.4 is 10.6 Å². The maximum atomic E-state index is 12.6. The minimum Gasteiger partial charge on any atom is -0.326 e. The molecule has 1 aliphatic heterocycles. The van der Waals surface area contributed by atoms with Gasteiger partial charge in [-0.2, -0.15) is 0 Å². The molecule has 0 fully saturated rings. The van der Waals surface area contributed by atoms with Crippen molar-refractivity contribution >= 4 is 34.8 Å². The van der Waals surface area contributed by atoms with Gasteiger partial charge in [-0.1, -0.05) is 29.8 Å². The van der Waals surface area contributed by atoms with Gasteiger partial charge in [0.2, 0.25) is 11.8 Å². The summed E-state index contributed by atoms with van der Waals surface area (Å²) in [5.41, 5.74) is 3.13. The van der Waals surface area contributed by atoms with Crippen LogP contribution in [0, 0.1) is 6.92 Å². The molecule has 112 valence electrons. The Morgan fingerprint density at radius 2 is 2.05 bits per heavy atom. The molecule has 2 aromatic carbocycles. The van der Waals surface area contributed by atoms with Crippen LogP contribution in [0.2, 0.25) is 5.02 Å². The molecule has 0 saturated heterocycles. The van der Waals surface area contributed by atoms with Gasteiger partial charge < -0.3 is 10.6 Å². The molecule has 4 nitrogen and oxygen atoms in total. The van der Waals surface area contributed by atoms with Crippen LogP contribution in [-0.4, -0.2) is 11.8 Å². The minimum atomic E-state index is -0.486. The van der Waals surface area contributed by atoms with Gasteiger partial charge in [0.15, 0.2) is 0 Å². The molecule has 3 rings (SSSR count). The number of anilines is 2. The van der Waals surface area contributed by atoms with Crippen LogP contribution in [0.4, 0.5) is 11.4 Å². The Kier molecular flexibility index (Phi) is 3.86. The van der Waals surface area contributed by atoms with Crippen LogP contribution in [0.1, 0.15) is 23.5 Å². The Balaban J connectivity index is 1.88. The molecule has 1 unspecified atom stereocenters. The molecule has 5 heteroatoms. The quantitative estimate of drug-likeness (QED) is 0.887. The van der Waals surface area contributed by atoms with Crippen LogP contribution in [0.25, 0.3) is 0 Å². The number of benzene rings is 2. The first-order valence-electron chi connectivity index (χ1n) is 7.00. The van der Waals surface area contributed by atoms with Gasteiger partial charge in [-0.15, -0.1) is 0 Å². The maximum Gasteiger partial charge on any atom is 0.232 e. The van der Waals surface area contributed by atoms with E-state index in [0.717, 1.165) is 11.1 Å². The molecule has 2 N–H and O–H groups in total. The lowest BCUT2D eigenvalue weighted by Gasteiger charge is -2.25. The van der Waals surface area contributed by atoms with Gasteiger partial charge in [-0.3, -0.25) is 9.59 Å². The number of halogens is 1. The molecular weight excluding hydrogens is 300 g/mol. The predicted octanol–water partition coefficient (Wildman–Crippen LogP) is 3.71. The Hall–Kier alpha value is -2.33. The first-order chi connectivity index (χ1) is 10.5. The number of carbonyl (C=O) groups excluding carboxylic acids is 2. The largest absolute Gasteiger partial charge is 0.326 e. The summed E-state index contributed by atoms with van der Waals surface area (Å²) in [5, 5.41) is 6.31. The Labute approximate surface area is 133 Å². The monoisotopic (exact) mass is 314 g/mol. The molecule has 0 aliphatic carbocycles. The van der Waals surface area contributed by atoms with Gasteiger partial charge in [0, 0.05) is 22.8 Å². The minimum absolute atomic E-state index is 0.147. The zero-order valence-electron chi connectivity index (χ0n) is 12.0. The number of rotatable bonds is 2. The zero-order chi connectivity index (χ0) is 15.7. The van der Waals surface area contributed by atoms with Gasteiger partial charge in [0.25, 0.3) is 0 Å². The fourth-order valence-electron chi connectivity index (χ4n) is 2.63. The van der Waals surface area contributed by atoms with Crippen molar-refractivity contribution in [2.24, 2.45) is 0 Å². The van der Waals surface area contributed by atoms with Crippen molar-refractivity contribution in [3.63, 3.8) is 0 Å². The summed E-state index contributed by atoms with van der Waals surface area (Å²) >= 11 is 5.92. The van der Waals surface area contributed by atoms with Gasteiger partial charge >= 0.3 is 0 Å². The van der Waals surface area contributed by atoms with E-state index in [1.165, 1.54) is 0 Å². The summed E-state index contributed by atoms with van der Waals surface area (Å²) in [6.45, 7) is 1.88. The van der Waals surface area contributed by atoms with E-state index >= 15 is 0 Å². The highest BCUT2D eigenvalue weighted by Gasteiger charge is 2.30. The standard InChI is InChI=1S/C17H15ClN2O2/c1-10-8-11(18)6-7-14(10)20-17(22)13-9-16(21)19-15-5-3-2-4-12(13)15/h2-8,13H,9H2,1H3,(H,19,21)(H,20,22). The average molecular weight is 315 g/mol. The number of fused-ring (bicyclic) bond motifs is 1. The Bertz CT molecular complexity index is 758. The van der Waals surface area contributed by atoms with E-state index in [4.69, 9.17) is 11.6 Å². The highest BCUT2D eigenvalue weighted by molar-refractivity contribution is 6.30. The molecule has 1 heterocycles. The van der Waals surface area contributed by atoms with Gasteiger partial charge in [-0.05, 0) is 42.3 Å². The van der Waals surface area contributed by atoms with E-state index in [1.807, 2.05) is 25.1 Å². The number of aryl methyl sites for hydroxylation is 1. The average Bonchev–Trinajstić information content (AvgIpc) is 2.49. The first kappa shape index (κ1) is 14.6. The molecule has 0 saturated carbocycles. The maximum absolute atomic E-state index is 12.6. The third kappa shape index (κ3) is 2.83. The lowest BCUT2D eigenvalue weighted by molar-refractivity contribution is -0.123. The summed E-state index contributed by atoms with van der Waals surface area (Å²) in [4.78, 5) is 24.4. The summed E-state index contributed by atoms with van der Waals surface area (Å²) in [6.07, 6.45) is 0.148. The predicted molar refractivity (Wildman–Crippen MR) is 87.2 cm³/mol. The molecule has 22 heavy (non-hydrogen) atoms. The highest BCUT2D eigenvalue weighted by Crippen LogP contribution is 2.33. The van der Waals surface area contributed by atoms with E-state index in [-0.39, 0.29) is 18.2 Å². The van der Waals surface area contributed by atoms with Crippen molar-refractivity contribution in [3.8, 4) is 0 Å². The van der Waals surface area contributed by atoms with Crippen LogP contribution in [0.3, 0.4) is 0 Å². The first-order valence-corrected chi connectivity index (χ1v) is 7.38. The van der Waals surface area contributed by atoms with Crippen molar-refractivity contribution in [2.45, 2.75) is 19.3 Å². The zero-order valence-corrected chi connectivity index (χ0v) is 12.8. The molecule has 1 atom stereocenters. The number of nitrogens with one attached hydrogen (secondary N) is 2. The van der Waals surface area contributed by atoms with Crippen LogP contribution in [-0.2, 0) is 9.59 Å². The van der Waals surface area contributed by atoms with Crippen molar-refractivity contribution in [1.29, 1.82) is 0 Å². The van der Waals surface area contributed by atoms with E-state index in [1.54, 1.807) is 24.3 Å². The van der Waals surface area contributed by atoms with Gasteiger partial charge in [0.1, 0.15) is 0 Å². The third-order valence-corrected chi connectivity index (χ3v) is 4.00. The smallest absolute Gasteiger partial charge is 0.232 e. The second-order valence-electron chi connectivity index (χ2n) is 5.34. The lowest BCUT2D eigenvalue weighted by Crippen LogP contribution is -2.30. The van der Waals surface area contributed by atoms with E-state index in [9.17, 15) is 9.59 Å². The molecule has 0 bridgehead atoms. The summed E-state index contributed by atoms with van der Waals surface area (Å²) in [5.74, 6) is -0.820. The number of para-hydroxylation sites is 1. The Morgan fingerprint density at radius 3 is 2.82 bits per heavy atom. The fraction of sp³-hybridized carbons (Fsp3) is 0.176. The van der Waals surface area contributed by atoms with Crippen molar-refractivity contribution in [1.82, 2.24) is 0 Å². The summed E-state index contributed by atoms with van der Waals surface area (Å²) < 4.78 is 0. The third-order valence-electron chi connectivity index (χ3n) is 3.76. The summed E-state index contributed by atoms with van der Waals surface area (Å²) in [6, 6.07) is 12.7. The number of hydrogen-bond acceptors (Lipinski definition) is 2. The lowest BCUT2D eigenvalue weighted by atomic mass is 9.89. The SMILES string of the molecule is Cc1cc(Cl)ccc1NC(=O)C1CC(=O)Nc2ccccc21. The molecule has 2 amide bonds.